The van der Waals surface area contributed by atoms with Crippen LogP contribution in [0.2, 0.25) is 0 Å². The van der Waals surface area contributed by atoms with Crippen molar-refractivity contribution in [1.82, 2.24) is 25.2 Å². The third kappa shape index (κ3) is 2.21. The number of nitrogens with one attached hydrogen (secondary N) is 2. The summed E-state index contributed by atoms with van der Waals surface area (Å²) in [4.78, 5) is 10.9. The summed E-state index contributed by atoms with van der Waals surface area (Å²) in [5.74, 6) is 0.331. The first-order valence-electron chi connectivity index (χ1n) is 4.07. The Bertz CT molecular complexity index is 483. The Morgan fingerprint density at radius 2 is 2.40 bits per heavy atom. The largest absolute Gasteiger partial charge is 0.280 e. The Hall–Kier alpha value is -1.70. The molecule has 2 aromatic rings. The van der Waals surface area contributed by atoms with E-state index in [1.54, 1.807) is 12.1 Å². The molecule has 0 fully saturated rings. The van der Waals surface area contributed by atoms with Gasteiger partial charge in [0.25, 0.3) is 0 Å². The van der Waals surface area contributed by atoms with Gasteiger partial charge in [0.2, 0.25) is 5.91 Å². The van der Waals surface area contributed by atoms with Gasteiger partial charge in [0, 0.05) is 0 Å². The molecule has 0 aliphatic carbocycles. The number of fused-ring (bicyclic) bond motifs is 1. The zero-order valence-corrected chi connectivity index (χ0v) is 9.10. The summed E-state index contributed by atoms with van der Waals surface area (Å²) in [6.07, 6.45) is 1.48. The lowest BCUT2D eigenvalue weighted by molar-refractivity contribution is -0.118. The van der Waals surface area contributed by atoms with Gasteiger partial charge in [-0.3, -0.25) is 15.6 Å². The molecule has 0 spiro atoms. The molecule has 0 saturated heterocycles. The van der Waals surface area contributed by atoms with Gasteiger partial charge in [0.15, 0.2) is 11.5 Å². The summed E-state index contributed by atoms with van der Waals surface area (Å²) in [6.45, 7) is 0. The number of alkyl halides is 1. The number of carbonyl (C=O) groups is 1. The minimum Gasteiger partial charge on any atom is -0.280 e. The Balaban J connectivity index is 2.11. The molecule has 2 rings (SSSR count). The van der Waals surface area contributed by atoms with Crippen molar-refractivity contribution in [2.75, 3.05) is 10.8 Å². The lowest BCUT2D eigenvalue weighted by Crippen LogP contribution is -2.30. The highest BCUT2D eigenvalue weighted by atomic mass is 79.9. The van der Waals surface area contributed by atoms with Gasteiger partial charge in [-0.1, -0.05) is 15.9 Å². The molecule has 15 heavy (non-hydrogen) atoms. The van der Waals surface area contributed by atoms with Gasteiger partial charge in [-0.2, -0.15) is 4.52 Å². The molecule has 78 valence electrons. The van der Waals surface area contributed by atoms with E-state index in [1.807, 2.05) is 0 Å². The predicted octanol–water partition coefficient (Wildman–Crippen LogP) is -0.0377. The SMILES string of the molecule is O=C(CBr)NNc1ccc2nncn2n1. The Labute approximate surface area is 93.0 Å². The molecule has 8 heteroatoms. The molecular weight excluding hydrogens is 264 g/mol. The number of hydrazine groups is 1. The molecule has 0 atom stereocenters. The highest BCUT2D eigenvalue weighted by Gasteiger charge is 2.00. The van der Waals surface area contributed by atoms with Crippen LogP contribution in [0.15, 0.2) is 18.5 Å². The maximum Gasteiger partial charge on any atom is 0.248 e. The van der Waals surface area contributed by atoms with Crippen molar-refractivity contribution in [2.24, 2.45) is 0 Å². The molecule has 2 aromatic heterocycles. The Morgan fingerprint density at radius 1 is 1.53 bits per heavy atom. The van der Waals surface area contributed by atoms with Gasteiger partial charge in [0.05, 0.1) is 5.33 Å². The minimum atomic E-state index is -0.180. The molecule has 0 aliphatic heterocycles. The highest BCUT2D eigenvalue weighted by Crippen LogP contribution is 2.02. The van der Waals surface area contributed by atoms with Crippen LogP contribution in [0, 0.1) is 0 Å². The van der Waals surface area contributed by atoms with Crippen LogP contribution < -0.4 is 10.9 Å². The number of hydrogen-bond acceptors (Lipinski definition) is 5. The second kappa shape index (κ2) is 4.22. The van der Waals surface area contributed by atoms with E-state index in [4.69, 9.17) is 0 Å². The number of nitrogens with zero attached hydrogens (tertiary/aromatic N) is 4. The summed E-state index contributed by atoms with van der Waals surface area (Å²) in [7, 11) is 0. The van der Waals surface area contributed by atoms with E-state index in [0.29, 0.717) is 11.5 Å². The van der Waals surface area contributed by atoms with Crippen LogP contribution in [-0.4, -0.2) is 31.0 Å². The molecule has 1 amide bonds. The summed E-state index contributed by atoms with van der Waals surface area (Å²) in [5.41, 5.74) is 5.76. The fourth-order valence-corrected chi connectivity index (χ4v) is 1.10. The van der Waals surface area contributed by atoms with Crippen LogP contribution in [0.3, 0.4) is 0 Å². The fraction of sp³-hybridized carbons (Fsp3) is 0.143. The zero-order chi connectivity index (χ0) is 10.7. The number of amides is 1. The van der Waals surface area contributed by atoms with E-state index in [2.05, 4.69) is 42.1 Å². The van der Waals surface area contributed by atoms with Crippen LogP contribution >= 0.6 is 15.9 Å². The van der Waals surface area contributed by atoms with E-state index in [0.717, 1.165) is 0 Å². The first-order chi connectivity index (χ1) is 7.29. The lowest BCUT2D eigenvalue weighted by Gasteiger charge is -2.05. The van der Waals surface area contributed by atoms with Crippen molar-refractivity contribution in [3.8, 4) is 0 Å². The average Bonchev–Trinajstić information content (AvgIpc) is 2.72. The van der Waals surface area contributed by atoms with Gasteiger partial charge in [-0.05, 0) is 12.1 Å². The van der Waals surface area contributed by atoms with E-state index < -0.39 is 0 Å². The smallest absolute Gasteiger partial charge is 0.248 e. The number of aromatic nitrogens is 4. The van der Waals surface area contributed by atoms with Crippen LogP contribution in [0.4, 0.5) is 5.82 Å². The molecule has 0 unspecified atom stereocenters. The van der Waals surface area contributed by atoms with Gasteiger partial charge in [-0.15, -0.1) is 15.3 Å². The van der Waals surface area contributed by atoms with Crippen molar-refractivity contribution in [2.45, 2.75) is 0 Å². The molecule has 0 saturated carbocycles. The first kappa shape index (κ1) is 9.84. The van der Waals surface area contributed by atoms with Crippen molar-refractivity contribution in [3.05, 3.63) is 18.5 Å². The number of carbonyl (C=O) groups excluding carboxylic acids is 1. The Morgan fingerprint density at radius 3 is 3.20 bits per heavy atom. The molecule has 0 aromatic carbocycles. The molecule has 0 aliphatic rings. The second-order valence-corrected chi connectivity index (χ2v) is 3.22. The Kier molecular flexibility index (Phi) is 2.77. The summed E-state index contributed by atoms with van der Waals surface area (Å²) >= 11 is 3.02. The number of anilines is 1. The average molecular weight is 271 g/mol. The number of hydrogen-bond donors (Lipinski definition) is 2. The zero-order valence-electron chi connectivity index (χ0n) is 7.51. The summed E-state index contributed by atoms with van der Waals surface area (Å²) in [5, 5.41) is 11.8. The van der Waals surface area contributed by atoms with Gasteiger partial charge < -0.3 is 0 Å². The molecular formula is C7H7BrN6O. The van der Waals surface area contributed by atoms with E-state index in [1.165, 1.54) is 10.8 Å². The van der Waals surface area contributed by atoms with Crippen molar-refractivity contribution < 1.29 is 4.79 Å². The van der Waals surface area contributed by atoms with Crippen molar-refractivity contribution in [1.29, 1.82) is 0 Å². The van der Waals surface area contributed by atoms with Crippen molar-refractivity contribution >= 4 is 33.3 Å². The van der Waals surface area contributed by atoms with Crippen molar-refractivity contribution in [3.63, 3.8) is 0 Å². The molecule has 2 heterocycles. The lowest BCUT2D eigenvalue weighted by atomic mass is 10.5. The quantitative estimate of drug-likeness (QED) is 0.604. The van der Waals surface area contributed by atoms with E-state index >= 15 is 0 Å². The van der Waals surface area contributed by atoms with Crippen LogP contribution in [0.25, 0.3) is 5.65 Å². The fourth-order valence-electron chi connectivity index (χ4n) is 0.962. The summed E-state index contributed by atoms with van der Waals surface area (Å²) in [6, 6.07) is 3.43. The molecule has 0 bridgehead atoms. The van der Waals surface area contributed by atoms with Crippen LogP contribution in [0.1, 0.15) is 0 Å². The minimum absolute atomic E-state index is 0.180. The van der Waals surface area contributed by atoms with Gasteiger partial charge in [-0.25, -0.2) is 0 Å². The number of rotatable bonds is 3. The standard InChI is InChI=1S/C7H7BrN6O/c8-3-7(15)12-10-5-1-2-6-11-9-4-14(6)13-5/h1-2,4H,3H2,(H,10,13)(H,12,15). The van der Waals surface area contributed by atoms with Gasteiger partial charge >= 0.3 is 0 Å². The third-order valence-corrected chi connectivity index (χ3v) is 2.12. The monoisotopic (exact) mass is 270 g/mol. The van der Waals surface area contributed by atoms with Crippen LogP contribution in [-0.2, 0) is 4.79 Å². The third-order valence-electron chi connectivity index (χ3n) is 1.61. The molecule has 0 radical (unpaired) electrons. The molecule has 2 N–H and O–H groups in total. The van der Waals surface area contributed by atoms with Gasteiger partial charge in [0.1, 0.15) is 6.33 Å². The highest BCUT2D eigenvalue weighted by molar-refractivity contribution is 9.09. The van der Waals surface area contributed by atoms with Crippen LogP contribution in [0.5, 0.6) is 0 Å². The second-order valence-electron chi connectivity index (χ2n) is 2.66. The summed E-state index contributed by atoms with van der Waals surface area (Å²) < 4.78 is 1.50. The maximum absolute atomic E-state index is 10.9. The topological polar surface area (TPSA) is 84.2 Å². The van der Waals surface area contributed by atoms with E-state index in [-0.39, 0.29) is 11.2 Å². The maximum atomic E-state index is 10.9. The normalized spacial score (nSPS) is 10.2. The molecule has 7 nitrogen and oxygen atoms in total. The predicted molar refractivity (Wildman–Crippen MR) is 56.3 cm³/mol. The number of halogens is 1. The first-order valence-corrected chi connectivity index (χ1v) is 5.19. The van der Waals surface area contributed by atoms with E-state index in [9.17, 15) is 4.79 Å².